The molecule has 1 aliphatic carbocycles. The van der Waals surface area contributed by atoms with Crippen molar-refractivity contribution >= 4 is 22.9 Å². The number of aromatic nitrogens is 5. The SMILES string of the molecule is CC(=O)N[C@H]1CC[C@H](Nc2nccc(-n3nnc4ccccc43)n2)CC1. The van der Waals surface area contributed by atoms with E-state index in [2.05, 4.69) is 30.9 Å². The minimum Gasteiger partial charge on any atom is -0.354 e. The van der Waals surface area contributed by atoms with Crippen LogP contribution in [0.1, 0.15) is 32.6 Å². The van der Waals surface area contributed by atoms with Crippen molar-refractivity contribution in [3.8, 4) is 5.82 Å². The normalized spacial score (nSPS) is 20.0. The van der Waals surface area contributed by atoms with E-state index in [9.17, 15) is 4.79 Å². The van der Waals surface area contributed by atoms with Crippen LogP contribution in [0.4, 0.5) is 5.95 Å². The zero-order chi connectivity index (χ0) is 17.9. The lowest BCUT2D eigenvalue weighted by Crippen LogP contribution is -2.39. The van der Waals surface area contributed by atoms with E-state index in [0.717, 1.165) is 36.7 Å². The summed E-state index contributed by atoms with van der Waals surface area (Å²) in [7, 11) is 0. The number of carbonyl (C=O) groups excluding carboxylic acids is 1. The van der Waals surface area contributed by atoms with Crippen LogP contribution in [0.2, 0.25) is 0 Å². The van der Waals surface area contributed by atoms with Crippen LogP contribution in [-0.4, -0.2) is 43.0 Å². The molecule has 0 unspecified atom stereocenters. The zero-order valence-electron chi connectivity index (χ0n) is 14.6. The third kappa shape index (κ3) is 3.49. The largest absolute Gasteiger partial charge is 0.354 e. The third-order valence-corrected chi connectivity index (χ3v) is 4.68. The van der Waals surface area contributed by atoms with Gasteiger partial charge in [-0.05, 0) is 37.8 Å². The van der Waals surface area contributed by atoms with Gasteiger partial charge in [-0.2, -0.15) is 9.67 Å². The Hall–Kier alpha value is -3.03. The van der Waals surface area contributed by atoms with Crippen molar-refractivity contribution in [2.45, 2.75) is 44.7 Å². The fourth-order valence-electron chi connectivity index (χ4n) is 3.43. The Morgan fingerprint density at radius 1 is 1.12 bits per heavy atom. The van der Waals surface area contributed by atoms with E-state index in [4.69, 9.17) is 0 Å². The van der Waals surface area contributed by atoms with Crippen LogP contribution < -0.4 is 10.6 Å². The lowest BCUT2D eigenvalue weighted by Gasteiger charge is -2.29. The second kappa shape index (κ2) is 7.07. The first-order chi connectivity index (χ1) is 12.7. The highest BCUT2D eigenvalue weighted by atomic mass is 16.1. The number of rotatable bonds is 4. The summed E-state index contributed by atoms with van der Waals surface area (Å²) < 4.78 is 1.72. The first-order valence-electron chi connectivity index (χ1n) is 8.86. The maximum Gasteiger partial charge on any atom is 0.224 e. The van der Waals surface area contributed by atoms with Gasteiger partial charge in [-0.15, -0.1) is 5.10 Å². The minimum absolute atomic E-state index is 0.0394. The number of anilines is 1. The molecule has 2 heterocycles. The quantitative estimate of drug-likeness (QED) is 0.747. The smallest absolute Gasteiger partial charge is 0.224 e. The molecule has 1 saturated carbocycles. The average molecular weight is 351 g/mol. The van der Waals surface area contributed by atoms with Gasteiger partial charge in [-0.25, -0.2) is 4.98 Å². The minimum atomic E-state index is 0.0394. The summed E-state index contributed by atoms with van der Waals surface area (Å²) in [6, 6.07) is 10.2. The molecule has 0 spiro atoms. The molecule has 2 N–H and O–H groups in total. The van der Waals surface area contributed by atoms with E-state index in [1.807, 2.05) is 30.3 Å². The lowest BCUT2D eigenvalue weighted by atomic mass is 9.91. The highest BCUT2D eigenvalue weighted by Crippen LogP contribution is 2.22. The number of hydrogen-bond donors (Lipinski definition) is 2. The summed E-state index contributed by atoms with van der Waals surface area (Å²) in [5, 5.41) is 14.8. The zero-order valence-corrected chi connectivity index (χ0v) is 14.6. The molecule has 2 aromatic heterocycles. The molecule has 0 aliphatic heterocycles. The molecule has 0 saturated heterocycles. The van der Waals surface area contributed by atoms with Gasteiger partial charge in [0.05, 0.1) is 5.52 Å². The number of hydrogen-bond acceptors (Lipinski definition) is 6. The molecule has 4 rings (SSSR count). The molecule has 3 aromatic rings. The van der Waals surface area contributed by atoms with Crippen LogP contribution in [0.15, 0.2) is 36.5 Å². The van der Waals surface area contributed by atoms with Gasteiger partial charge in [0.15, 0.2) is 5.82 Å². The lowest BCUT2D eigenvalue weighted by molar-refractivity contribution is -0.119. The van der Waals surface area contributed by atoms with Crippen molar-refractivity contribution in [3.05, 3.63) is 36.5 Å². The fraction of sp³-hybridized carbons (Fsp3) is 0.389. The molecule has 1 fully saturated rings. The number of benzene rings is 1. The molecule has 8 nitrogen and oxygen atoms in total. The van der Waals surface area contributed by atoms with Gasteiger partial charge in [-0.3, -0.25) is 4.79 Å². The number of carbonyl (C=O) groups is 1. The first-order valence-corrected chi connectivity index (χ1v) is 8.86. The molecule has 0 bridgehead atoms. The van der Waals surface area contributed by atoms with Gasteiger partial charge in [0.25, 0.3) is 0 Å². The second-order valence-electron chi connectivity index (χ2n) is 6.62. The van der Waals surface area contributed by atoms with Gasteiger partial charge < -0.3 is 10.6 Å². The van der Waals surface area contributed by atoms with Crippen molar-refractivity contribution < 1.29 is 4.79 Å². The number of nitrogens with zero attached hydrogens (tertiary/aromatic N) is 5. The second-order valence-corrected chi connectivity index (χ2v) is 6.62. The van der Waals surface area contributed by atoms with Gasteiger partial charge in [0.2, 0.25) is 11.9 Å². The standard InChI is InChI=1S/C18H21N7O/c1-12(26)20-13-6-8-14(9-7-13)21-18-19-11-10-17(22-18)25-16-5-3-2-4-15(16)23-24-25/h2-5,10-11,13-14H,6-9H2,1H3,(H,20,26)(H,19,21,22)/t13-,14-. The van der Waals surface area contributed by atoms with Gasteiger partial charge in [0, 0.05) is 31.3 Å². The topological polar surface area (TPSA) is 97.6 Å². The van der Waals surface area contributed by atoms with Crippen molar-refractivity contribution in [3.63, 3.8) is 0 Å². The van der Waals surface area contributed by atoms with E-state index in [0.29, 0.717) is 17.8 Å². The summed E-state index contributed by atoms with van der Waals surface area (Å²) in [4.78, 5) is 20.1. The van der Waals surface area contributed by atoms with E-state index in [1.54, 1.807) is 17.8 Å². The van der Waals surface area contributed by atoms with Gasteiger partial charge >= 0.3 is 0 Å². The van der Waals surface area contributed by atoms with Crippen molar-refractivity contribution in [1.29, 1.82) is 0 Å². The van der Waals surface area contributed by atoms with E-state index < -0.39 is 0 Å². The summed E-state index contributed by atoms with van der Waals surface area (Å²) in [6.07, 6.45) is 5.61. The van der Waals surface area contributed by atoms with Crippen molar-refractivity contribution in [1.82, 2.24) is 30.3 Å². The van der Waals surface area contributed by atoms with Crippen LogP contribution in [0, 0.1) is 0 Å². The molecule has 26 heavy (non-hydrogen) atoms. The molecule has 1 amide bonds. The Labute approximate surface area is 151 Å². The van der Waals surface area contributed by atoms with Gasteiger partial charge in [0.1, 0.15) is 5.52 Å². The average Bonchev–Trinajstić information content (AvgIpc) is 3.07. The Bertz CT molecular complexity index is 915. The van der Waals surface area contributed by atoms with Crippen LogP contribution in [0.3, 0.4) is 0 Å². The third-order valence-electron chi connectivity index (χ3n) is 4.68. The maximum atomic E-state index is 11.2. The Morgan fingerprint density at radius 3 is 2.69 bits per heavy atom. The van der Waals surface area contributed by atoms with Crippen LogP contribution in [0.25, 0.3) is 16.9 Å². The molecule has 0 radical (unpaired) electrons. The molecule has 8 heteroatoms. The number of nitrogens with one attached hydrogen (secondary N) is 2. The molecule has 1 aromatic carbocycles. The molecular formula is C18H21N7O. The summed E-state index contributed by atoms with van der Waals surface area (Å²) in [6.45, 7) is 1.57. The highest BCUT2D eigenvalue weighted by Gasteiger charge is 2.22. The monoisotopic (exact) mass is 351 g/mol. The van der Waals surface area contributed by atoms with E-state index in [1.165, 1.54) is 0 Å². The number of fused-ring (bicyclic) bond motifs is 1. The predicted octanol–water partition coefficient (Wildman–Crippen LogP) is 2.07. The molecular weight excluding hydrogens is 330 g/mol. The fourth-order valence-corrected chi connectivity index (χ4v) is 3.43. The summed E-state index contributed by atoms with van der Waals surface area (Å²) in [5.74, 6) is 1.31. The maximum absolute atomic E-state index is 11.2. The van der Waals surface area contributed by atoms with Gasteiger partial charge in [-0.1, -0.05) is 17.3 Å². The predicted molar refractivity (Wildman–Crippen MR) is 97.9 cm³/mol. The summed E-state index contributed by atoms with van der Waals surface area (Å²) in [5.41, 5.74) is 1.74. The van der Waals surface area contributed by atoms with E-state index >= 15 is 0 Å². The van der Waals surface area contributed by atoms with Crippen molar-refractivity contribution in [2.75, 3.05) is 5.32 Å². The molecule has 0 atom stereocenters. The van der Waals surface area contributed by atoms with Crippen LogP contribution in [-0.2, 0) is 4.79 Å². The van der Waals surface area contributed by atoms with E-state index in [-0.39, 0.29) is 11.9 Å². The van der Waals surface area contributed by atoms with Crippen LogP contribution in [0.5, 0.6) is 0 Å². The Morgan fingerprint density at radius 2 is 1.88 bits per heavy atom. The Kier molecular flexibility index (Phi) is 4.47. The first kappa shape index (κ1) is 16.4. The van der Waals surface area contributed by atoms with Crippen molar-refractivity contribution in [2.24, 2.45) is 0 Å². The number of amides is 1. The van der Waals surface area contributed by atoms with Crippen LogP contribution >= 0.6 is 0 Å². The highest BCUT2D eigenvalue weighted by molar-refractivity contribution is 5.75. The Balaban J connectivity index is 1.46. The summed E-state index contributed by atoms with van der Waals surface area (Å²) >= 11 is 0. The molecule has 1 aliphatic rings. The molecule has 134 valence electrons. The number of para-hydroxylation sites is 1.